The number of rotatable bonds is 8. The Morgan fingerprint density at radius 1 is 1.03 bits per heavy atom. The second kappa shape index (κ2) is 9.30. The van der Waals surface area contributed by atoms with Gasteiger partial charge in [0.1, 0.15) is 12.3 Å². The van der Waals surface area contributed by atoms with Gasteiger partial charge in [0.15, 0.2) is 11.5 Å². The Bertz CT molecular complexity index is 1120. The first-order valence-electron chi connectivity index (χ1n) is 9.39. The number of benzene rings is 1. The summed E-state index contributed by atoms with van der Waals surface area (Å²) >= 11 is 0. The van der Waals surface area contributed by atoms with Gasteiger partial charge in [0.25, 0.3) is 5.56 Å². The molecule has 0 fully saturated rings. The smallest absolute Gasteiger partial charge is 0.306 e. The third-order valence-electron chi connectivity index (χ3n) is 4.63. The third kappa shape index (κ3) is 4.53. The van der Waals surface area contributed by atoms with Crippen LogP contribution < -0.4 is 19.8 Å². The normalized spacial score (nSPS) is 10.7. The largest absolute Gasteiger partial charge is 0.493 e. The Hall–Kier alpha value is -3.55. The topological polar surface area (TPSA) is 88.4 Å². The molecule has 8 nitrogen and oxygen atoms in total. The molecule has 0 bridgehead atoms. The van der Waals surface area contributed by atoms with Crippen molar-refractivity contribution >= 4 is 11.6 Å². The second-order valence-electron chi connectivity index (χ2n) is 6.67. The van der Waals surface area contributed by atoms with Crippen molar-refractivity contribution in [1.29, 1.82) is 0 Å². The van der Waals surface area contributed by atoms with E-state index in [-0.39, 0.29) is 18.6 Å². The quantitative estimate of drug-likeness (QED) is 0.526. The zero-order chi connectivity index (χ0) is 21.7. The predicted octanol–water partition coefficient (Wildman–Crippen LogP) is 2.70. The van der Waals surface area contributed by atoms with Crippen molar-refractivity contribution < 1.29 is 23.7 Å². The minimum Gasteiger partial charge on any atom is -0.493 e. The average Bonchev–Trinajstić information content (AvgIpc) is 2.75. The summed E-state index contributed by atoms with van der Waals surface area (Å²) in [5.74, 6) is 1.13. The van der Waals surface area contributed by atoms with E-state index in [1.165, 1.54) is 24.7 Å². The van der Waals surface area contributed by atoms with Crippen LogP contribution in [0, 0.1) is 6.92 Å². The summed E-state index contributed by atoms with van der Waals surface area (Å²) in [6.45, 7) is 1.83. The molecule has 0 atom stereocenters. The molecule has 8 heteroatoms. The molecule has 158 valence electrons. The number of hydrogen-bond acceptors (Lipinski definition) is 7. The highest BCUT2D eigenvalue weighted by Gasteiger charge is 2.17. The number of fused-ring (bicyclic) bond motifs is 1. The van der Waals surface area contributed by atoms with E-state index in [9.17, 15) is 9.59 Å². The molecule has 0 N–H and O–H groups in total. The standard InChI is InChI=1S/C22H24N2O6/c1-14-5-9-18-23-16(11-19(25)24(18)12-14)13-30-20(26)10-7-15-6-8-17(27-2)22(29-4)21(15)28-3/h5-6,8-9,11-12H,7,10,13H2,1-4H3. The van der Waals surface area contributed by atoms with E-state index in [1.807, 2.05) is 19.1 Å². The van der Waals surface area contributed by atoms with Crippen LogP contribution in [0.4, 0.5) is 0 Å². The monoisotopic (exact) mass is 412 g/mol. The molecule has 0 saturated carbocycles. The molecule has 2 heterocycles. The number of pyridine rings is 1. The molecule has 0 aliphatic heterocycles. The Labute approximate surface area is 174 Å². The summed E-state index contributed by atoms with van der Waals surface area (Å²) in [6.07, 6.45) is 2.25. The van der Waals surface area contributed by atoms with Crippen molar-refractivity contribution in [2.24, 2.45) is 0 Å². The first kappa shape index (κ1) is 21.2. The van der Waals surface area contributed by atoms with Gasteiger partial charge in [-0.1, -0.05) is 12.1 Å². The van der Waals surface area contributed by atoms with Crippen LogP contribution in [0.2, 0.25) is 0 Å². The van der Waals surface area contributed by atoms with Crippen LogP contribution in [0.5, 0.6) is 17.2 Å². The van der Waals surface area contributed by atoms with Crippen LogP contribution in [0.15, 0.2) is 41.3 Å². The van der Waals surface area contributed by atoms with Gasteiger partial charge in [-0.2, -0.15) is 0 Å². The number of methoxy groups -OCH3 is 3. The summed E-state index contributed by atoms with van der Waals surface area (Å²) in [5, 5.41) is 0. The van der Waals surface area contributed by atoms with Crippen molar-refractivity contribution in [1.82, 2.24) is 9.38 Å². The van der Waals surface area contributed by atoms with Crippen LogP contribution in [0.3, 0.4) is 0 Å². The van der Waals surface area contributed by atoms with Crippen LogP contribution in [0.25, 0.3) is 5.65 Å². The van der Waals surface area contributed by atoms with Gasteiger partial charge in [0, 0.05) is 18.7 Å². The predicted molar refractivity (Wildman–Crippen MR) is 110 cm³/mol. The van der Waals surface area contributed by atoms with Gasteiger partial charge >= 0.3 is 5.97 Å². The highest BCUT2D eigenvalue weighted by molar-refractivity contribution is 5.70. The van der Waals surface area contributed by atoms with Gasteiger partial charge in [0.05, 0.1) is 27.0 Å². The van der Waals surface area contributed by atoms with Crippen LogP contribution in [-0.2, 0) is 22.6 Å². The number of esters is 1. The van der Waals surface area contributed by atoms with E-state index in [0.717, 1.165) is 11.1 Å². The van der Waals surface area contributed by atoms with E-state index < -0.39 is 5.97 Å². The lowest BCUT2D eigenvalue weighted by Crippen LogP contribution is -2.17. The van der Waals surface area contributed by atoms with Crippen molar-refractivity contribution in [3.8, 4) is 17.2 Å². The van der Waals surface area contributed by atoms with Gasteiger partial charge < -0.3 is 18.9 Å². The van der Waals surface area contributed by atoms with E-state index in [1.54, 1.807) is 25.4 Å². The lowest BCUT2D eigenvalue weighted by Gasteiger charge is -2.15. The van der Waals surface area contributed by atoms with Gasteiger partial charge in [-0.3, -0.25) is 14.0 Å². The van der Waals surface area contributed by atoms with E-state index in [0.29, 0.717) is 35.0 Å². The van der Waals surface area contributed by atoms with Gasteiger partial charge in [0.2, 0.25) is 5.75 Å². The SMILES string of the molecule is COc1ccc(CCC(=O)OCc2cc(=O)n3cc(C)ccc3n2)c(OC)c1OC. The Morgan fingerprint density at radius 3 is 2.50 bits per heavy atom. The molecular formula is C22H24N2O6. The molecule has 30 heavy (non-hydrogen) atoms. The molecule has 0 amide bonds. The highest BCUT2D eigenvalue weighted by atomic mass is 16.5. The summed E-state index contributed by atoms with van der Waals surface area (Å²) < 4.78 is 22.8. The number of carbonyl (C=O) groups is 1. The minimum absolute atomic E-state index is 0.0679. The van der Waals surface area contributed by atoms with Gasteiger partial charge in [-0.25, -0.2) is 4.98 Å². The lowest BCUT2D eigenvalue weighted by atomic mass is 10.1. The molecule has 0 unspecified atom stereocenters. The fraction of sp³-hybridized carbons (Fsp3) is 0.318. The number of aryl methyl sites for hydroxylation is 2. The maximum absolute atomic E-state index is 12.2. The molecule has 0 saturated heterocycles. The fourth-order valence-corrected chi connectivity index (χ4v) is 3.16. The first-order chi connectivity index (χ1) is 14.5. The second-order valence-corrected chi connectivity index (χ2v) is 6.67. The van der Waals surface area contributed by atoms with Crippen molar-refractivity contribution in [2.45, 2.75) is 26.4 Å². The van der Waals surface area contributed by atoms with E-state index in [4.69, 9.17) is 18.9 Å². The number of nitrogens with zero attached hydrogens (tertiary/aromatic N) is 2. The number of aromatic nitrogens is 2. The zero-order valence-electron chi connectivity index (χ0n) is 17.4. The molecule has 3 aromatic rings. The minimum atomic E-state index is -0.405. The highest BCUT2D eigenvalue weighted by Crippen LogP contribution is 2.40. The molecule has 0 spiro atoms. The third-order valence-corrected chi connectivity index (χ3v) is 4.63. The Morgan fingerprint density at radius 2 is 1.80 bits per heavy atom. The average molecular weight is 412 g/mol. The summed E-state index contributed by atoms with van der Waals surface area (Å²) in [6, 6.07) is 8.58. The van der Waals surface area contributed by atoms with Crippen LogP contribution in [0.1, 0.15) is 23.2 Å². The maximum atomic E-state index is 12.2. The number of ether oxygens (including phenoxy) is 4. The summed E-state index contributed by atoms with van der Waals surface area (Å²) in [4.78, 5) is 28.8. The number of hydrogen-bond donors (Lipinski definition) is 0. The van der Waals surface area contributed by atoms with Gasteiger partial charge in [-0.15, -0.1) is 0 Å². The fourth-order valence-electron chi connectivity index (χ4n) is 3.16. The molecule has 0 radical (unpaired) electrons. The van der Waals surface area contributed by atoms with Crippen LogP contribution in [-0.4, -0.2) is 36.7 Å². The molecule has 0 aliphatic carbocycles. The van der Waals surface area contributed by atoms with Gasteiger partial charge in [-0.05, 0) is 36.6 Å². The number of carbonyl (C=O) groups excluding carboxylic acids is 1. The summed E-state index contributed by atoms with van der Waals surface area (Å²) in [7, 11) is 4.60. The van der Waals surface area contributed by atoms with Crippen molar-refractivity contribution in [2.75, 3.05) is 21.3 Å². The first-order valence-corrected chi connectivity index (χ1v) is 9.39. The Balaban J connectivity index is 1.65. The van der Waals surface area contributed by atoms with Crippen LogP contribution >= 0.6 is 0 Å². The molecule has 3 rings (SSSR count). The van der Waals surface area contributed by atoms with E-state index >= 15 is 0 Å². The van der Waals surface area contributed by atoms with Crippen molar-refractivity contribution in [3.63, 3.8) is 0 Å². The maximum Gasteiger partial charge on any atom is 0.306 e. The Kier molecular flexibility index (Phi) is 6.56. The van der Waals surface area contributed by atoms with Crippen molar-refractivity contribution in [3.05, 3.63) is 63.7 Å². The summed E-state index contributed by atoms with van der Waals surface area (Å²) in [5.41, 5.74) is 2.45. The zero-order valence-corrected chi connectivity index (χ0v) is 17.4. The molecule has 0 aliphatic rings. The molecule has 1 aromatic carbocycles. The molecule has 2 aromatic heterocycles. The molecular weight excluding hydrogens is 388 g/mol. The van der Waals surface area contributed by atoms with E-state index in [2.05, 4.69) is 4.98 Å². The lowest BCUT2D eigenvalue weighted by molar-refractivity contribution is -0.145.